The third-order valence-electron chi connectivity index (χ3n) is 6.99. The third kappa shape index (κ3) is 26.2. The molecule has 8 nitrogen and oxygen atoms in total. The number of rotatable bonds is 28. The van der Waals surface area contributed by atoms with E-state index >= 15 is 0 Å². The number of phosphoric acid groups is 1. The van der Waals surface area contributed by atoms with Gasteiger partial charge in [-0.15, -0.1) is 0 Å². The van der Waals surface area contributed by atoms with Crippen molar-refractivity contribution in [2.45, 2.75) is 142 Å². The molecule has 3 N–H and O–H groups in total. The van der Waals surface area contributed by atoms with Crippen LogP contribution in [0.1, 0.15) is 129 Å². The van der Waals surface area contributed by atoms with Gasteiger partial charge in [0, 0.05) is 6.42 Å². The van der Waals surface area contributed by atoms with Gasteiger partial charge >= 0.3 is 7.82 Å². The van der Waals surface area contributed by atoms with Crippen molar-refractivity contribution in [1.29, 1.82) is 0 Å². The van der Waals surface area contributed by atoms with Gasteiger partial charge in [-0.1, -0.05) is 122 Å². The normalized spacial score (nSPS) is 15.3. The zero-order valence-electron chi connectivity index (χ0n) is 26.6. The van der Waals surface area contributed by atoms with Crippen LogP contribution in [-0.2, 0) is 18.4 Å². The largest absolute Gasteiger partial charge is 0.472 e. The van der Waals surface area contributed by atoms with Gasteiger partial charge in [0.2, 0.25) is 5.91 Å². The molecule has 0 heterocycles. The van der Waals surface area contributed by atoms with E-state index in [2.05, 4.69) is 12.2 Å². The first-order chi connectivity index (χ1) is 19.0. The van der Waals surface area contributed by atoms with Crippen LogP contribution in [0.15, 0.2) is 12.2 Å². The lowest BCUT2D eigenvalue weighted by Gasteiger charge is -2.25. The summed E-state index contributed by atoms with van der Waals surface area (Å²) in [6, 6.07) is -0.834. The van der Waals surface area contributed by atoms with E-state index in [1.807, 2.05) is 34.1 Å². The Morgan fingerprint density at radius 2 is 1.32 bits per heavy atom. The number of carbonyl (C=O) groups is 1. The molecule has 0 aliphatic rings. The van der Waals surface area contributed by atoms with Crippen molar-refractivity contribution in [1.82, 2.24) is 5.32 Å². The van der Waals surface area contributed by atoms with Crippen molar-refractivity contribution < 1.29 is 32.9 Å². The van der Waals surface area contributed by atoms with E-state index in [0.717, 1.165) is 32.1 Å². The minimum atomic E-state index is -4.30. The average molecular weight is 592 g/mol. The van der Waals surface area contributed by atoms with E-state index in [1.54, 1.807) is 6.08 Å². The van der Waals surface area contributed by atoms with E-state index < -0.39 is 20.0 Å². The van der Waals surface area contributed by atoms with Crippen LogP contribution in [0.5, 0.6) is 0 Å². The summed E-state index contributed by atoms with van der Waals surface area (Å²) in [5.41, 5.74) is 0. The molecule has 0 bridgehead atoms. The maximum Gasteiger partial charge on any atom is 0.472 e. The van der Waals surface area contributed by atoms with Gasteiger partial charge < -0.3 is 19.8 Å². The molecule has 0 fully saturated rings. The lowest BCUT2D eigenvalue weighted by atomic mass is 10.0. The lowest BCUT2D eigenvalue weighted by Crippen LogP contribution is -2.45. The number of quaternary nitrogens is 1. The topological polar surface area (TPSA) is 105 Å². The Morgan fingerprint density at radius 3 is 1.80 bits per heavy atom. The standard InChI is InChI=1S/C31H63N2O6P/c1-6-8-10-11-12-13-14-15-16-17-18-19-20-21-23-25-31(35)32-29(30(34)24-22-9-7-2)28-39-40(36,37)38-27-26-33(3,4)5/h22,24,29-30,34H,6-21,23,25-28H2,1-5H3,(H-,32,35,36,37)/p+1/b24-22+. The quantitative estimate of drug-likeness (QED) is 0.0382. The highest BCUT2D eigenvalue weighted by Gasteiger charge is 2.27. The van der Waals surface area contributed by atoms with Crippen LogP contribution in [0, 0.1) is 0 Å². The number of hydrogen-bond acceptors (Lipinski definition) is 5. The SMILES string of the molecule is CCC/C=C/C(O)C(COP(=O)(O)OCC[N+](C)(C)C)NC(=O)CCCCCCCCCCCCCCCCC. The Balaban J connectivity index is 4.22. The molecule has 1 amide bonds. The summed E-state index contributed by atoms with van der Waals surface area (Å²) in [4.78, 5) is 22.6. The Morgan fingerprint density at radius 1 is 0.825 bits per heavy atom. The van der Waals surface area contributed by atoms with Crippen molar-refractivity contribution in [3.8, 4) is 0 Å². The monoisotopic (exact) mass is 591 g/mol. The van der Waals surface area contributed by atoms with Crippen LogP contribution in [0.4, 0.5) is 0 Å². The van der Waals surface area contributed by atoms with Gasteiger partial charge in [-0.2, -0.15) is 0 Å². The van der Waals surface area contributed by atoms with E-state index in [0.29, 0.717) is 17.4 Å². The predicted molar refractivity (Wildman–Crippen MR) is 166 cm³/mol. The highest BCUT2D eigenvalue weighted by atomic mass is 31.2. The second-order valence-electron chi connectivity index (χ2n) is 12.2. The average Bonchev–Trinajstić information content (AvgIpc) is 2.88. The Bertz CT molecular complexity index is 683. The number of phosphoric ester groups is 1. The Kier molecular flexibility index (Phi) is 24.3. The van der Waals surface area contributed by atoms with Crippen LogP contribution in [0.2, 0.25) is 0 Å². The molecule has 0 aromatic rings. The van der Waals surface area contributed by atoms with Gasteiger partial charge in [0.1, 0.15) is 13.2 Å². The number of allylic oxidation sites excluding steroid dienone is 1. The van der Waals surface area contributed by atoms with Gasteiger partial charge in [0.25, 0.3) is 0 Å². The summed E-state index contributed by atoms with van der Waals surface area (Å²) < 4.78 is 23.1. The minimum absolute atomic E-state index is 0.0620. The number of amides is 1. The molecule has 0 saturated heterocycles. The molecule has 40 heavy (non-hydrogen) atoms. The molecular weight excluding hydrogens is 527 g/mol. The number of carbonyl (C=O) groups excluding carboxylic acids is 1. The summed E-state index contributed by atoms with van der Waals surface area (Å²) in [5, 5.41) is 13.4. The smallest absolute Gasteiger partial charge is 0.387 e. The van der Waals surface area contributed by atoms with Crippen molar-refractivity contribution in [2.75, 3.05) is 40.9 Å². The zero-order valence-corrected chi connectivity index (χ0v) is 27.5. The number of nitrogens with one attached hydrogen (secondary N) is 1. The molecule has 0 radical (unpaired) electrons. The second-order valence-corrected chi connectivity index (χ2v) is 13.6. The molecule has 9 heteroatoms. The first-order valence-electron chi connectivity index (χ1n) is 16.1. The fraction of sp³-hybridized carbons (Fsp3) is 0.903. The fourth-order valence-corrected chi connectivity index (χ4v) is 5.08. The molecule has 238 valence electrons. The van der Waals surface area contributed by atoms with Gasteiger partial charge in [0.05, 0.1) is 39.9 Å². The van der Waals surface area contributed by atoms with Crippen molar-refractivity contribution in [2.24, 2.45) is 0 Å². The third-order valence-corrected chi connectivity index (χ3v) is 7.97. The molecule has 3 atom stereocenters. The number of unbranched alkanes of at least 4 members (excludes halogenated alkanes) is 15. The summed E-state index contributed by atoms with van der Waals surface area (Å²) in [6.45, 7) is 4.57. The molecule has 0 rings (SSSR count). The van der Waals surface area contributed by atoms with Crippen molar-refractivity contribution >= 4 is 13.7 Å². The maximum absolute atomic E-state index is 12.6. The van der Waals surface area contributed by atoms with E-state index in [4.69, 9.17) is 9.05 Å². The van der Waals surface area contributed by atoms with Crippen molar-refractivity contribution in [3.63, 3.8) is 0 Å². The highest BCUT2D eigenvalue weighted by Crippen LogP contribution is 2.43. The molecular formula is C31H64N2O6P+. The molecule has 0 aromatic heterocycles. The van der Waals surface area contributed by atoms with Gasteiger partial charge in [-0.05, 0) is 12.8 Å². The summed E-state index contributed by atoms with van der Waals surface area (Å²) >= 11 is 0. The zero-order chi connectivity index (χ0) is 30.1. The molecule has 3 unspecified atom stereocenters. The van der Waals surface area contributed by atoms with Crippen molar-refractivity contribution in [3.05, 3.63) is 12.2 Å². The summed E-state index contributed by atoms with van der Waals surface area (Å²) in [7, 11) is 1.57. The summed E-state index contributed by atoms with van der Waals surface area (Å²) in [6.07, 6.45) is 23.5. The molecule has 0 spiro atoms. The molecule has 0 saturated carbocycles. The minimum Gasteiger partial charge on any atom is -0.387 e. The highest BCUT2D eigenvalue weighted by molar-refractivity contribution is 7.47. The molecule has 0 aliphatic carbocycles. The number of nitrogens with zero attached hydrogens (tertiary/aromatic N) is 1. The Hall–Kier alpha value is -0.760. The number of aliphatic hydroxyl groups is 1. The summed E-state index contributed by atoms with van der Waals surface area (Å²) in [5.74, 6) is -0.190. The van der Waals surface area contributed by atoms with Crippen LogP contribution >= 0.6 is 7.82 Å². The Labute approximate surface area is 246 Å². The second kappa shape index (κ2) is 24.8. The van der Waals surface area contributed by atoms with Crippen LogP contribution in [0.3, 0.4) is 0 Å². The number of aliphatic hydroxyl groups excluding tert-OH is 1. The first kappa shape index (κ1) is 39.2. The van der Waals surface area contributed by atoms with E-state index in [1.165, 1.54) is 77.0 Å². The molecule has 0 aromatic carbocycles. The van der Waals surface area contributed by atoms with Gasteiger partial charge in [-0.3, -0.25) is 13.8 Å². The lowest BCUT2D eigenvalue weighted by molar-refractivity contribution is -0.870. The predicted octanol–water partition coefficient (Wildman–Crippen LogP) is 7.29. The van der Waals surface area contributed by atoms with Gasteiger partial charge in [0.15, 0.2) is 0 Å². The maximum atomic E-state index is 12.6. The van der Waals surface area contributed by atoms with Crippen LogP contribution in [0.25, 0.3) is 0 Å². The number of hydrogen-bond donors (Lipinski definition) is 3. The number of likely N-dealkylation sites (N-methyl/N-ethyl adjacent to an activating group) is 1. The fourth-order valence-electron chi connectivity index (χ4n) is 4.34. The molecule has 0 aliphatic heterocycles. The first-order valence-corrected chi connectivity index (χ1v) is 17.6. The van der Waals surface area contributed by atoms with Crippen LogP contribution in [-0.4, -0.2) is 73.4 Å². The van der Waals surface area contributed by atoms with Crippen LogP contribution < -0.4 is 5.32 Å². The van der Waals surface area contributed by atoms with E-state index in [-0.39, 0.29) is 19.1 Å². The van der Waals surface area contributed by atoms with E-state index in [9.17, 15) is 19.4 Å². The van der Waals surface area contributed by atoms with Gasteiger partial charge in [-0.25, -0.2) is 4.57 Å².